The molecule has 0 bridgehead atoms. The van der Waals surface area contributed by atoms with Crippen molar-refractivity contribution < 1.29 is 26.0 Å². The van der Waals surface area contributed by atoms with Crippen LogP contribution >= 0.6 is 0 Å². The first-order chi connectivity index (χ1) is 18.1. The van der Waals surface area contributed by atoms with Crippen LogP contribution in [0.4, 0.5) is 17.6 Å². The first kappa shape index (κ1) is 25.2. The summed E-state index contributed by atoms with van der Waals surface area (Å²) in [4.78, 5) is 3.94. The van der Waals surface area contributed by atoms with Gasteiger partial charge in [-0.25, -0.2) is 21.8 Å². The fourth-order valence-electron chi connectivity index (χ4n) is 6.57. The summed E-state index contributed by atoms with van der Waals surface area (Å²) in [7, 11) is -4.55. The van der Waals surface area contributed by atoms with Gasteiger partial charge in [-0.3, -0.25) is 4.98 Å². The zero-order valence-corrected chi connectivity index (χ0v) is 21.2. The van der Waals surface area contributed by atoms with Gasteiger partial charge in [-0.15, -0.1) is 0 Å². The highest BCUT2D eigenvalue weighted by Crippen LogP contribution is 2.73. The average molecular weight is 547 g/mol. The molecule has 6 nitrogen and oxygen atoms in total. The summed E-state index contributed by atoms with van der Waals surface area (Å²) in [6.45, 7) is 0.0431. The quantitative estimate of drug-likeness (QED) is 0.381. The minimum absolute atomic E-state index is 0.0193. The van der Waals surface area contributed by atoms with Crippen LogP contribution in [-0.2, 0) is 22.9 Å². The normalized spacial score (nSPS) is 24.1. The number of hydrogen-bond acceptors (Lipinski definition) is 4. The van der Waals surface area contributed by atoms with Gasteiger partial charge in [0.2, 0.25) is 10.0 Å². The summed E-state index contributed by atoms with van der Waals surface area (Å²) in [6.07, 6.45) is 4.94. The molecule has 1 spiro atoms. The first-order valence-electron chi connectivity index (χ1n) is 12.5. The Kier molecular flexibility index (Phi) is 5.99. The monoisotopic (exact) mass is 546 g/mol. The van der Waals surface area contributed by atoms with Crippen molar-refractivity contribution in [1.82, 2.24) is 19.1 Å². The van der Waals surface area contributed by atoms with E-state index in [1.807, 2.05) is 0 Å². The Morgan fingerprint density at radius 1 is 1.11 bits per heavy atom. The van der Waals surface area contributed by atoms with E-state index in [0.717, 1.165) is 39.7 Å². The molecule has 38 heavy (non-hydrogen) atoms. The zero-order chi connectivity index (χ0) is 26.7. The summed E-state index contributed by atoms with van der Waals surface area (Å²) in [6, 6.07) is 9.56. The van der Waals surface area contributed by atoms with Crippen molar-refractivity contribution in [2.45, 2.75) is 31.9 Å². The van der Waals surface area contributed by atoms with Gasteiger partial charge in [0.1, 0.15) is 5.82 Å². The molecule has 0 radical (unpaired) electrons. The fraction of sp³-hybridized carbons (Fsp3) is 0.407. The number of rotatable bonds is 8. The summed E-state index contributed by atoms with van der Waals surface area (Å²) in [5.74, 6) is -2.02. The number of fused-ring (bicyclic) bond motifs is 1. The van der Waals surface area contributed by atoms with Gasteiger partial charge < -0.3 is 0 Å². The number of allylic oxidation sites excluding steroid dienone is 1. The van der Waals surface area contributed by atoms with E-state index in [9.17, 15) is 26.0 Å². The number of alkyl halides is 3. The van der Waals surface area contributed by atoms with Gasteiger partial charge in [-0.1, -0.05) is 5.57 Å². The lowest BCUT2D eigenvalue weighted by Crippen LogP contribution is -2.41. The molecule has 11 heteroatoms. The Morgan fingerprint density at radius 3 is 2.55 bits per heavy atom. The Balaban J connectivity index is 1.26. The number of hydrogen-bond donors (Lipinski definition) is 0. The average Bonchev–Trinajstić information content (AvgIpc) is 3.13. The molecule has 0 N–H and O–H groups in total. The van der Waals surface area contributed by atoms with Crippen LogP contribution in [0.1, 0.15) is 29.7 Å². The summed E-state index contributed by atoms with van der Waals surface area (Å²) in [5, 5.41) is 4.52. The molecule has 2 fully saturated rings. The van der Waals surface area contributed by atoms with E-state index < -0.39 is 22.0 Å². The van der Waals surface area contributed by atoms with Crippen molar-refractivity contribution >= 4 is 16.1 Å². The molecular weight excluding hydrogens is 520 g/mol. The van der Waals surface area contributed by atoms with Crippen LogP contribution in [-0.4, -0.2) is 52.5 Å². The highest BCUT2D eigenvalue weighted by Gasteiger charge is 2.69. The van der Waals surface area contributed by atoms with E-state index in [1.54, 1.807) is 47.5 Å². The number of halogens is 4. The maximum Gasteiger partial charge on any atom is 0.404 e. The smallest absolute Gasteiger partial charge is 0.265 e. The molecule has 200 valence electrons. The molecule has 3 atom stereocenters. The maximum absolute atomic E-state index is 13.4. The van der Waals surface area contributed by atoms with Crippen molar-refractivity contribution in [2.24, 2.45) is 17.3 Å². The zero-order valence-electron chi connectivity index (χ0n) is 20.4. The Labute approximate surface area is 218 Å². The third kappa shape index (κ3) is 4.45. The Bertz CT molecular complexity index is 1490. The first-order valence-corrected chi connectivity index (χ1v) is 14.2. The lowest BCUT2D eigenvalue weighted by Gasteiger charge is -2.28. The van der Waals surface area contributed by atoms with Gasteiger partial charge in [-0.05, 0) is 91.1 Å². The molecule has 0 saturated heterocycles. The minimum Gasteiger partial charge on any atom is -0.265 e. The number of sulfonamides is 1. The lowest BCUT2D eigenvalue weighted by atomic mass is 9.82. The van der Waals surface area contributed by atoms with Crippen LogP contribution in [0.3, 0.4) is 0 Å². The van der Waals surface area contributed by atoms with E-state index in [0.29, 0.717) is 12.8 Å². The Morgan fingerprint density at radius 2 is 1.84 bits per heavy atom. The highest BCUT2D eigenvalue weighted by molar-refractivity contribution is 7.89. The number of benzene rings is 1. The van der Waals surface area contributed by atoms with Crippen molar-refractivity contribution in [2.75, 3.05) is 18.8 Å². The van der Waals surface area contributed by atoms with Crippen LogP contribution in [0.2, 0.25) is 0 Å². The summed E-state index contributed by atoms with van der Waals surface area (Å²) < 4.78 is 81.7. The molecule has 0 aliphatic heterocycles. The molecule has 6 rings (SSSR count). The van der Waals surface area contributed by atoms with Gasteiger partial charge in [0.25, 0.3) is 0 Å². The van der Waals surface area contributed by atoms with Crippen LogP contribution in [0.5, 0.6) is 0 Å². The molecule has 3 aliphatic rings. The SMILES string of the molecule is O=S(=O)(CC(F)(F)F)N(CCc1ccncc1)CC1C2CCC3=Cc4c(cnn4-c4ccc(F)cc4)C[C@@]321. The summed E-state index contributed by atoms with van der Waals surface area (Å²) in [5.41, 5.74) is 4.44. The van der Waals surface area contributed by atoms with E-state index in [4.69, 9.17) is 0 Å². The second kappa shape index (κ2) is 9.01. The lowest BCUT2D eigenvalue weighted by molar-refractivity contribution is -0.107. The van der Waals surface area contributed by atoms with Gasteiger partial charge in [-0.2, -0.15) is 18.3 Å². The van der Waals surface area contributed by atoms with Crippen LogP contribution in [0.25, 0.3) is 11.8 Å². The molecule has 3 aromatic rings. The highest BCUT2D eigenvalue weighted by atomic mass is 32.2. The van der Waals surface area contributed by atoms with Crippen LogP contribution < -0.4 is 0 Å². The second-order valence-corrected chi connectivity index (χ2v) is 12.4. The molecule has 0 amide bonds. The minimum atomic E-state index is -4.81. The van der Waals surface area contributed by atoms with Crippen molar-refractivity contribution in [3.63, 3.8) is 0 Å². The number of aromatic nitrogens is 3. The van der Waals surface area contributed by atoms with Crippen LogP contribution in [0.15, 0.2) is 60.6 Å². The van der Waals surface area contributed by atoms with Crippen molar-refractivity contribution in [3.8, 4) is 5.69 Å². The van der Waals surface area contributed by atoms with E-state index in [1.165, 1.54) is 17.7 Å². The molecule has 2 saturated carbocycles. The maximum atomic E-state index is 13.4. The second-order valence-electron chi connectivity index (χ2n) is 10.4. The molecule has 2 heterocycles. The third-order valence-corrected chi connectivity index (χ3v) is 10.1. The third-order valence-electron chi connectivity index (χ3n) is 8.31. The molecule has 1 aromatic carbocycles. The standard InChI is InChI=1S/C27H26F4N4O2S/c28-21-2-4-22(5-3-21)35-25-13-20-1-6-23-24(26(20,23)14-19(25)15-33-35)16-34(38(36,37)17-27(29,30)31)12-9-18-7-10-32-11-8-18/h2-5,7-8,10-11,13,15,23-24H,1,6,9,12,14,16-17H2/t23?,24?,26-/m1/s1. The molecule has 2 unspecified atom stereocenters. The molecular formula is C27H26F4N4O2S. The predicted octanol–water partition coefficient (Wildman–Crippen LogP) is 4.81. The fourth-order valence-corrected chi connectivity index (χ4v) is 7.92. The van der Waals surface area contributed by atoms with Gasteiger partial charge in [0.15, 0.2) is 5.75 Å². The van der Waals surface area contributed by atoms with E-state index in [-0.39, 0.29) is 36.2 Å². The molecule has 2 aromatic heterocycles. The van der Waals surface area contributed by atoms with Crippen molar-refractivity contribution in [1.29, 1.82) is 0 Å². The van der Waals surface area contributed by atoms with Crippen LogP contribution in [0, 0.1) is 23.1 Å². The Hall–Kier alpha value is -3.05. The van der Waals surface area contributed by atoms with Crippen molar-refractivity contribution in [3.05, 3.63) is 83.2 Å². The summed E-state index contributed by atoms with van der Waals surface area (Å²) >= 11 is 0. The number of pyridine rings is 1. The number of nitrogens with zero attached hydrogens (tertiary/aromatic N) is 4. The molecule has 3 aliphatic carbocycles. The van der Waals surface area contributed by atoms with Gasteiger partial charge in [0, 0.05) is 30.9 Å². The van der Waals surface area contributed by atoms with Gasteiger partial charge in [0.05, 0.1) is 17.6 Å². The largest absolute Gasteiger partial charge is 0.404 e. The van der Waals surface area contributed by atoms with E-state index in [2.05, 4.69) is 16.2 Å². The van der Waals surface area contributed by atoms with Gasteiger partial charge >= 0.3 is 6.18 Å². The predicted molar refractivity (Wildman–Crippen MR) is 133 cm³/mol. The van der Waals surface area contributed by atoms with E-state index >= 15 is 0 Å². The topological polar surface area (TPSA) is 68.1 Å².